The second-order valence-corrected chi connectivity index (χ2v) is 7.00. The molecule has 0 amide bonds. The summed E-state index contributed by atoms with van der Waals surface area (Å²) in [5, 5.41) is 0. The molecule has 0 radical (unpaired) electrons. The molecule has 0 atom stereocenters. The van der Waals surface area contributed by atoms with Crippen molar-refractivity contribution in [1.82, 2.24) is 4.90 Å². The topological polar surface area (TPSA) is 90.0 Å². The standard InChI is InChI=1S/C15H21NO6S/c1-4-14(17)22-12-7-10-16(11-8-12)9-5-6-13(15(18)21-2)23(3,19)20/h4-6,9,12H,1,7-8,10-11H2,2-3H3/b9-5+,13-6+. The smallest absolute Gasteiger partial charge is 0.349 e. The van der Waals surface area contributed by atoms with Gasteiger partial charge in [0.15, 0.2) is 14.7 Å². The van der Waals surface area contributed by atoms with E-state index in [1.165, 1.54) is 12.2 Å². The Morgan fingerprint density at radius 2 is 1.87 bits per heavy atom. The molecule has 1 heterocycles. The largest absolute Gasteiger partial charge is 0.465 e. The molecule has 1 aliphatic heterocycles. The highest BCUT2D eigenvalue weighted by molar-refractivity contribution is 7.95. The van der Waals surface area contributed by atoms with Gasteiger partial charge in [-0.1, -0.05) is 6.58 Å². The monoisotopic (exact) mass is 343 g/mol. The van der Waals surface area contributed by atoms with E-state index in [0.717, 1.165) is 19.4 Å². The Morgan fingerprint density at radius 3 is 2.35 bits per heavy atom. The summed E-state index contributed by atoms with van der Waals surface area (Å²) >= 11 is 0. The van der Waals surface area contributed by atoms with Crippen molar-refractivity contribution in [3.05, 3.63) is 35.9 Å². The molecule has 0 aromatic heterocycles. The minimum atomic E-state index is -3.65. The maximum Gasteiger partial charge on any atom is 0.349 e. The van der Waals surface area contributed by atoms with Gasteiger partial charge in [0.05, 0.1) is 7.11 Å². The fourth-order valence-corrected chi connectivity index (χ4v) is 2.76. The zero-order valence-electron chi connectivity index (χ0n) is 13.2. The van der Waals surface area contributed by atoms with Crippen LogP contribution in [0.5, 0.6) is 0 Å². The minimum absolute atomic E-state index is 0.137. The van der Waals surface area contributed by atoms with Crippen LogP contribution in [0.2, 0.25) is 0 Å². The summed E-state index contributed by atoms with van der Waals surface area (Å²) in [5.74, 6) is -1.33. The third-order valence-corrected chi connectivity index (χ3v) is 4.36. The Morgan fingerprint density at radius 1 is 1.26 bits per heavy atom. The molecule has 0 unspecified atom stereocenters. The zero-order chi connectivity index (χ0) is 17.5. The summed E-state index contributed by atoms with van der Waals surface area (Å²) in [7, 11) is -2.53. The average molecular weight is 343 g/mol. The van der Waals surface area contributed by atoms with E-state index in [2.05, 4.69) is 11.3 Å². The number of esters is 2. The van der Waals surface area contributed by atoms with Gasteiger partial charge in [0, 0.05) is 38.3 Å². The number of likely N-dealkylation sites (tertiary alicyclic amines) is 1. The molecule has 128 valence electrons. The minimum Gasteiger partial charge on any atom is -0.465 e. The molecular weight excluding hydrogens is 322 g/mol. The van der Waals surface area contributed by atoms with E-state index in [9.17, 15) is 18.0 Å². The lowest BCUT2D eigenvalue weighted by Crippen LogP contribution is -2.34. The Bertz CT molecular complexity index is 612. The van der Waals surface area contributed by atoms with Crippen LogP contribution in [0.4, 0.5) is 0 Å². The Hall–Kier alpha value is -2.09. The van der Waals surface area contributed by atoms with Crippen LogP contribution in [0, 0.1) is 0 Å². The number of carbonyl (C=O) groups excluding carboxylic acids is 2. The number of carbonyl (C=O) groups is 2. The van der Waals surface area contributed by atoms with Crippen molar-refractivity contribution >= 4 is 21.8 Å². The van der Waals surface area contributed by atoms with Crippen molar-refractivity contribution in [3.8, 4) is 0 Å². The highest BCUT2D eigenvalue weighted by atomic mass is 32.2. The second-order valence-electron chi connectivity index (χ2n) is 5.01. The normalized spacial score (nSPS) is 17.1. The molecule has 0 aromatic carbocycles. The molecular formula is C15H21NO6S. The molecule has 7 nitrogen and oxygen atoms in total. The molecule has 1 saturated heterocycles. The van der Waals surface area contributed by atoms with Gasteiger partial charge in [-0.15, -0.1) is 0 Å². The highest BCUT2D eigenvalue weighted by Crippen LogP contribution is 2.15. The van der Waals surface area contributed by atoms with Crippen LogP contribution < -0.4 is 0 Å². The lowest BCUT2D eigenvalue weighted by Gasteiger charge is -2.30. The Labute approximate surface area is 136 Å². The second kappa shape index (κ2) is 8.52. The molecule has 0 bridgehead atoms. The average Bonchev–Trinajstić information content (AvgIpc) is 2.51. The first-order valence-corrected chi connectivity index (χ1v) is 8.91. The predicted molar refractivity (Wildman–Crippen MR) is 85.0 cm³/mol. The molecule has 8 heteroatoms. The number of hydrogen-bond acceptors (Lipinski definition) is 7. The first kappa shape index (κ1) is 19.0. The summed E-state index contributed by atoms with van der Waals surface area (Å²) in [4.78, 5) is 24.1. The van der Waals surface area contributed by atoms with E-state index in [0.29, 0.717) is 25.9 Å². The Kier molecular flexibility index (Phi) is 7.02. The van der Waals surface area contributed by atoms with Gasteiger partial charge in [-0.25, -0.2) is 18.0 Å². The van der Waals surface area contributed by atoms with Gasteiger partial charge in [-0.2, -0.15) is 0 Å². The number of allylic oxidation sites excluding steroid dienone is 2. The van der Waals surface area contributed by atoms with Crippen LogP contribution >= 0.6 is 0 Å². The summed E-state index contributed by atoms with van der Waals surface area (Å²) in [6, 6.07) is 0. The van der Waals surface area contributed by atoms with Crippen molar-refractivity contribution in [3.63, 3.8) is 0 Å². The van der Waals surface area contributed by atoms with Crippen molar-refractivity contribution in [2.24, 2.45) is 0 Å². The summed E-state index contributed by atoms with van der Waals surface area (Å²) in [6.07, 6.45) is 7.68. The molecule has 0 spiro atoms. The zero-order valence-corrected chi connectivity index (χ0v) is 14.0. The van der Waals surface area contributed by atoms with Crippen LogP contribution in [-0.2, 0) is 28.9 Å². The van der Waals surface area contributed by atoms with Crippen LogP contribution in [-0.4, -0.2) is 57.8 Å². The van der Waals surface area contributed by atoms with Crippen LogP contribution in [0.15, 0.2) is 35.9 Å². The van der Waals surface area contributed by atoms with Crippen LogP contribution in [0.1, 0.15) is 12.8 Å². The van der Waals surface area contributed by atoms with Crippen molar-refractivity contribution < 1.29 is 27.5 Å². The third-order valence-electron chi connectivity index (χ3n) is 3.26. The number of rotatable bonds is 6. The number of piperidine rings is 1. The number of methoxy groups -OCH3 is 1. The van der Waals surface area contributed by atoms with E-state index in [-0.39, 0.29) is 6.10 Å². The Balaban J connectivity index is 2.62. The quantitative estimate of drug-likeness (QED) is 0.400. The van der Waals surface area contributed by atoms with Gasteiger partial charge in [0.25, 0.3) is 0 Å². The molecule has 0 aliphatic carbocycles. The first-order valence-electron chi connectivity index (χ1n) is 7.02. The maximum absolute atomic E-state index is 11.5. The summed E-state index contributed by atoms with van der Waals surface area (Å²) in [6.45, 7) is 4.67. The van der Waals surface area contributed by atoms with E-state index >= 15 is 0 Å². The SMILES string of the molecule is C=CC(=O)OC1CCN(/C=C/C=C(\C(=O)OC)S(C)(=O)=O)CC1. The molecule has 23 heavy (non-hydrogen) atoms. The molecule has 1 fully saturated rings. The fourth-order valence-electron chi connectivity index (χ4n) is 2.05. The molecule has 0 N–H and O–H groups in total. The maximum atomic E-state index is 11.5. The van der Waals surface area contributed by atoms with Gasteiger partial charge in [0.1, 0.15) is 6.10 Å². The van der Waals surface area contributed by atoms with Gasteiger partial charge in [-0.3, -0.25) is 0 Å². The van der Waals surface area contributed by atoms with E-state index in [4.69, 9.17) is 4.74 Å². The first-order chi connectivity index (χ1) is 10.8. The number of nitrogens with zero attached hydrogens (tertiary/aromatic N) is 1. The molecule has 1 aliphatic rings. The van der Waals surface area contributed by atoms with E-state index < -0.39 is 26.7 Å². The lowest BCUT2D eigenvalue weighted by atomic mass is 10.1. The van der Waals surface area contributed by atoms with Crippen molar-refractivity contribution in [2.75, 3.05) is 26.5 Å². The molecule has 0 aromatic rings. The molecule has 1 rings (SSSR count). The van der Waals surface area contributed by atoms with Gasteiger partial charge >= 0.3 is 11.9 Å². The summed E-state index contributed by atoms with van der Waals surface area (Å²) < 4.78 is 32.6. The van der Waals surface area contributed by atoms with E-state index in [1.807, 2.05) is 4.90 Å². The van der Waals surface area contributed by atoms with Gasteiger partial charge < -0.3 is 14.4 Å². The third kappa shape index (κ3) is 6.27. The summed E-state index contributed by atoms with van der Waals surface area (Å²) in [5.41, 5.74) is 0. The van der Waals surface area contributed by atoms with Gasteiger partial charge in [0.2, 0.25) is 0 Å². The van der Waals surface area contributed by atoms with E-state index in [1.54, 1.807) is 6.20 Å². The number of hydrogen-bond donors (Lipinski definition) is 0. The van der Waals surface area contributed by atoms with Crippen LogP contribution in [0.3, 0.4) is 0 Å². The molecule has 0 saturated carbocycles. The lowest BCUT2D eigenvalue weighted by molar-refractivity contribution is -0.144. The van der Waals surface area contributed by atoms with Crippen molar-refractivity contribution in [2.45, 2.75) is 18.9 Å². The predicted octanol–water partition coefficient (Wildman–Crippen LogP) is 0.795. The number of sulfone groups is 1. The fraction of sp³-hybridized carbons (Fsp3) is 0.467. The highest BCUT2D eigenvalue weighted by Gasteiger charge is 2.21. The van der Waals surface area contributed by atoms with Crippen LogP contribution in [0.25, 0.3) is 0 Å². The number of ether oxygens (including phenoxy) is 2. The van der Waals surface area contributed by atoms with Crippen molar-refractivity contribution in [1.29, 1.82) is 0 Å². The van der Waals surface area contributed by atoms with Gasteiger partial charge in [-0.05, 0) is 18.4 Å².